The standard InChI is InChI=1S/C25H29ClN5O4P/c1-31(2)13-7-10-23(32)28-17-8-6-9-18(14-17)35-24-20(26)16-27-25(30-24)29-21-12-11-19(36(4,5)33)15-22(21)34-3/h6-12,14-16H,13H2,1-5H3,(H,28,32)(H,27,29,30)/b10-7+. The Labute approximate surface area is 215 Å². The number of halogens is 1. The highest BCUT2D eigenvalue weighted by atomic mass is 35.5. The monoisotopic (exact) mass is 529 g/mol. The number of aromatic nitrogens is 2. The molecule has 36 heavy (non-hydrogen) atoms. The molecule has 0 atom stereocenters. The van der Waals surface area contributed by atoms with Gasteiger partial charge < -0.3 is 29.6 Å². The zero-order chi connectivity index (χ0) is 26.3. The molecule has 9 nitrogen and oxygen atoms in total. The van der Waals surface area contributed by atoms with Gasteiger partial charge in [-0.2, -0.15) is 4.98 Å². The number of benzene rings is 2. The Hall–Kier alpha value is -3.39. The first-order valence-corrected chi connectivity index (χ1v) is 14.0. The highest BCUT2D eigenvalue weighted by molar-refractivity contribution is 7.70. The molecule has 1 aromatic heterocycles. The second-order valence-corrected chi connectivity index (χ2v) is 12.1. The number of nitrogens with one attached hydrogen (secondary N) is 2. The van der Waals surface area contributed by atoms with E-state index >= 15 is 0 Å². The normalized spacial score (nSPS) is 11.5. The van der Waals surface area contributed by atoms with E-state index in [2.05, 4.69) is 20.6 Å². The van der Waals surface area contributed by atoms with Crippen molar-refractivity contribution in [2.24, 2.45) is 0 Å². The van der Waals surface area contributed by atoms with E-state index in [9.17, 15) is 9.36 Å². The molecule has 0 bridgehead atoms. The van der Waals surface area contributed by atoms with Crippen molar-refractivity contribution in [1.29, 1.82) is 0 Å². The van der Waals surface area contributed by atoms with Gasteiger partial charge in [-0.3, -0.25) is 4.79 Å². The fraction of sp³-hybridized carbons (Fsp3) is 0.240. The average Bonchev–Trinajstić information content (AvgIpc) is 2.80. The molecule has 0 aliphatic rings. The zero-order valence-electron chi connectivity index (χ0n) is 20.8. The summed E-state index contributed by atoms with van der Waals surface area (Å²) in [7, 11) is 2.93. The van der Waals surface area contributed by atoms with Crippen LogP contribution < -0.4 is 25.4 Å². The number of ether oxygens (including phenoxy) is 2. The maximum Gasteiger partial charge on any atom is 0.248 e. The van der Waals surface area contributed by atoms with Gasteiger partial charge in [-0.05, 0) is 57.8 Å². The van der Waals surface area contributed by atoms with Crippen LogP contribution in [0.5, 0.6) is 17.4 Å². The molecule has 2 aromatic carbocycles. The van der Waals surface area contributed by atoms with Crippen molar-refractivity contribution >= 4 is 47.3 Å². The van der Waals surface area contributed by atoms with E-state index in [1.54, 1.807) is 61.9 Å². The minimum Gasteiger partial charge on any atom is -0.495 e. The third-order valence-electron chi connectivity index (χ3n) is 4.82. The number of likely N-dealkylation sites (N-methyl/N-ethyl adjacent to an activating group) is 1. The van der Waals surface area contributed by atoms with E-state index in [0.717, 1.165) is 0 Å². The number of carbonyl (C=O) groups excluding carboxylic acids is 1. The largest absolute Gasteiger partial charge is 0.495 e. The van der Waals surface area contributed by atoms with Gasteiger partial charge in [0.1, 0.15) is 23.7 Å². The molecular weight excluding hydrogens is 501 g/mol. The second-order valence-electron chi connectivity index (χ2n) is 8.49. The minimum absolute atomic E-state index is 0.130. The quantitative estimate of drug-likeness (QED) is 0.280. The lowest BCUT2D eigenvalue weighted by Gasteiger charge is -2.14. The Morgan fingerprint density at radius 2 is 1.97 bits per heavy atom. The summed E-state index contributed by atoms with van der Waals surface area (Å²) in [5.41, 5.74) is 1.15. The molecule has 0 unspecified atom stereocenters. The number of hydrogen-bond donors (Lipinski definition) is 2. The predicted molar refractivity (Wildman–Crippen MR) is 145 cm³/mol. The summed E-state index contributed by atoms with van der Waals surface area (Å²) in [6.07, 6.45) is 4.67. The summed E-state index contributed by atoms with van der Waals surface area (Å²) in [6, 6.07) is 12.1. The van der Waals surface area contributed by atoms with E-state index in [-0.39, 0.29) is 22.8 Å². The van der Waals surface area contributed by atoms with E-state index in [1.807, 2.05) is 19.0 Å². The van der Waals surface area contributed by atoms with Gasteiger partial charge in [0.15, 0.2) is 0 Å². The van der Waals surface area contributed by atoms with Crippen LogP contribution in [0, 0.1) is 0 Å². The number of hydrogen-bond acceptors (Lipinski definition) is 8. The van der Waals surface area contributed by atoms with E-state index in [0.29, 0.717) is 34.7 Å². The van der Waals surface area contributed by atoms with Crippen LogP contribution in [0.2, 0.25) is 5.02 Å². The van der Waals surface area contributed by atoms with E-state index in [1.165, 1.54) is 19.4 Å². The highest BCUT2D eigenvalue weighted by Crippen LogP contribution is 2.38. The maximum absolute atomic E-state index is 12.4. The van der Waals surface area contributed by atoms with Crippen molar-refractivity contribution in [3.63, 3.8) is 0 Å². The van der Waals surface area contributed by atoms with Crippen LogP contribution in [-0.2, 0) is 9.36 Å². The molecule has 190 valence electrons. The van der Waals surface area contributed by atoms with Crippen molar-refractivity contribution in [2.75, 3.05) is 51.7 Å². The molecule has 0 aliphatic carbocycles. The number of rotatable bonds is 10. The summed E-state index contributed by atoms with van der Waals surface area (Å²) in [4.78, 5) is 22.7. The molecule has 0 radical (unpaired) electrons. The van der Waals surface area contributed by atoms with Gasteiger partial charge in [-0.15, -0.1) is 0 Å². The number of amides is 1. The van der Waals surface area contributed by atoms with Gasteiger partial charge in [0.25, 0.3) is 0 Å². The molecule has 0 saturated heterocycles. The van der Waals surface area contributed by atoms with Gasteiger partial charge in [-0.25, -0.2) is 4.98 Å². The first-order valence-electron chi connectivity index (χ1n) is 11.0. The van der Waals surface area contributed by atoms with Gasteiger partial charge in [0, 0.05) is 29.7 Å². The lowest BCUT2D eigenvalue weighted by molar-refractivity contribution is -0.111. The number of methoxy groups -OCH3 is 1. The SMILES string of the molecule is COc1cc(P(C)(C)=O)ccc1Nc1ncc(Cl)c(Oc2cccc(NC(=O)/C=C/CN(C)C)c2)n1. The van der Waals surface area contributed by atoms with Gasteiger partial charge >= 0.3 is 0 Å². The third kappa shape index (κ3) is 7.81. The molecule has 0 aliphatic heterocycles. The van der Waals surface area contributed by atoms with Gasteiger partial charge in [0.2, 0.25) is 17.7 Å². The Kier molecular flexibility index (Phi) is 9.09. The number of anilines is 3. The second kappa shape index (κ2) is 12.0. The Morgan fingerprint density at radius 1 is 1.19 bits per heavy atom. The van der Waals surface area contributed by atoms with Crippen LogP contribution in [0.4, 0.5) is 17.3 Å². The van der Waals surface area contributed by atoms with Crippen LogP contribution in [0.25, 0.3) is 0 Å². The lowest BCUT2D eigenvalue weighted by atomic mass is 10.3. The molecule has 0 saturated carbocycles. The first kappa shape index (κ1) is 27.2. The minimum atomic E-state index is -2.45. The van der Waals surface area contributed by atoms with Gasteiger partial charge in [0.05, 0.1) is 19.0 Å². The summed E-state index contributed by atoms with van der Waals surface area (Å²) < 4.78 is 23.7. The summed E-state index contributed by atoms with van der Waals surface area (Å²) in [5, 5.41) is 6.78. The summed E-state index contributed by atoms with van der Waals surface area (Å²) >= 11 is 6.27. The van der Waals surface area contributed by atoms with Crippen LogP contribution in [0.3, 0.4) is 0 Å². The van der Waals surface area contributed by atoms with Crippen molar-refractivity contribution in [3.05, 3.63) is 65.8 Å². The highest BCUT2D eigenvalue weighted by Gasteiger charge is 2.16. The summed E-state index contributed by atoms with van der Waals surface area (Å²) in [5.74, 6) is 1.04. The van der Waals surface area contributed by atoms with Crippen molar-refractivity contribution in [2.45, 2.75) is 0 Å². The maximum atomic E-state index is 12.4. The van der Waals surface area contributed by atoms with Gasteiger partial charge in [-0.1, -0.05) is 23.7 Å². The van der Waals surface area contributed by atoms with E-state index < -0.39 is 7.14 Å². The smallest absolute Gasteiger partial charge is 0.248 e. The molecule has 0 spiro atoms. The summed E-state index contributed by atoms with van der Waals surface area (Å²) in [6.45, 7) is 4.05. The Bertz CT molecular complexity index is 1310. The Balaban J connectivity index is 1.76. The molecule has 3 rings (SSSR count). The molecule has 2 N–H and O–H groups in total. The van der Waals surface area contributed by atoms with Crippen LogP contribution in [-0.4, -0.2) is 61.9 Å². The van der Waals surface area contributed by atoms with Crippen molar-refractivity contribution in [3.8, 4) is 17.4 Å². The van der Waals surface area contributed by atoms with Crippen LogP contribution in [0.1, 0.15) is 0 Å². The zero-order valence-corrected chi connectivity index (χ0v) is 22.4. The molecule has 1 heterocycles. The molecule has 3 aromatic rings. The topological polar surface area (TPSA) is 106 Å². The van der Waals surface area contributed by atoms with Crippen molar-refractivity contribution in [1.82, 2.24) is 14.9 Å². The first-order chi connectivity index (χ1) is 17.0. The number of nitrogens with zero attached hydrogens (tertiary/aromatic N) is 3. The van der Waals surface area contributed by atoms with E-state index in [4.69, 9.17) is 21.1 Å². The number of carbonyl (C=O) groups is 1. The molecule has 0 fully saturated rings. The molecule has 11 heteroatoms. The van der Waals surface area contributed by atoms with Crippen LogP contribution in [0.15, 0.2) is 60.8 Å². The lowest BCUT2D eigenvalue weighted by Crippen LogP contribution is -2.12. The molecule has 1 amide bonds. The fourth-order valence-electron chi connectivity index (χ4n) is 3.03. The molecular formula is C25H29ClN5O4P. The average molecular weight is 530 g/mol. The fourth-order valence-corrected chi connectivity index (χ4v) is 4.02. The van der Waals surface area contributed by atoms with Crippen LogP contribution >= 0.6 is 18.7 Å². The predicted octanol–water partition coefficient (Wildman–Crippen LogP) is 4.98. The third-order valence-corrected chi connectivity index (χ3v) is 6.60. The Morgan fingerprint density at radius 3 is 2.67 bits per heavy atom. The van der Waals surface area contributed by atoms with Crippen molar-refractivity contribution < 1.29 is 18.8 Å².